The minimum absolute atomic E-state index is 0.0532. The van der Waals surface area contributed by atoms with E-state index in [9.17, 15) is 22.8 Å². The summed E-state index contributed by atoms with van der Waals surface area (Å²) < 4.78 is 41.0. The van der Waals surface area contributed by atoms with Crippen LogP contribution in [0.1, 0.15) is 10.4 Å². The first-order valence-electron chi connectivity index (χ1n) is 5.44. The molecule has 1 aromatic carbocycles. The highest BCUT2D eigenvalue weighted by Crippen LogP contribution is 2.25. The lowest BCUT2D eigenvalue weighted by Gasteiger charge is -2.17. The third-order valence-electron chi connectivity index (χ3n) is 2.40. The van der Waals surface area contributed by atoms with Crippen LogP contribution in [-0.2, 0) is 9.53 Å². The normalized spacial score (nSPS) is 10.9. The summed E-state index contributed by atoms with van der Waals surface area (Å²) in [5.41, 5.74) is 0.373. The molecule has 1 amide bonds. The van der Waals surface area contributed by atoms with E-state index in [1.165, 1.54) is 12.1 Å². The lowest BCUT2D eigenvalue weighted by Crippen LogP contribution is -2.30. The smallest absolute Gasteiger partial charge is 0.465 e. The summed E-state index contributed by atoms with van der Waals surface area (Å²) in [6.45, 7) is 0. The number of nitrogens with zero attached hydrogens (tertiary/aromatic N) is 1. The summed E-state index contributed by atoms with van der Waals surface area (Å²) in [4.78, 5) is 24.0. The molecule has 0 spiro atoms. The lowest BCUT2D eigenvalue weighted by atomic mass is 10.1. The van der Waals surface area contributed by atoms with Gasteiger partial charge in [0.1, 0.15) is 0 Å². The predicted molar refractivity (Wildman–Crippen MR) is 66.8 cm³/mol. The first-order valence-corrected chi connectivity index (χ1v) is 5.44. The molecule has 0 aliphatic carbocycles. The summed E-state index contributed by atoms with van der Waals surface area (Å²) >= 11 is 0. The van der Waals surface area contributed by atoms with Crippen molar-refractivity contribution in [3.8, 4) is 0 Å². The molecule has 0 fully saturated rings. The van der Waals surface area contributed by atoms with Crippen molar-refractivity contribution in [2.75, 3.05) is 31.4 Å². The predicted octanol–water partition coefficient (Wildman–Crippen LogP) is 2.04. The average Bonchev–Trinajstić information content (AvgIpc) is 2.36. The Balaban J connectivity index is 3.13. The maximum atomic E-state index is 12.2. The SMILES string of the molecule is COC(=O)c1cc(NC(=O)C(F)(F)F)ccc1N(C)C. The van der Waals surface area contributed by atoms with Gasteiger partial charge in [-0.05, 0) is 18.2 Å². The van der Waals surface area contributed by atoms with Gasteiger partial charge in [-0.3, -0.25) is 4.79 Å². The zero-order chi connectivity index (χ0) is 15.5. The molecule has 110 valence electrons. The third-order valence-corrected chi connectivity index (χ3v) is 2.40. The van der Waals surface area contributed by atoms with Gasteiger partial charge in [-0.15, -0.1) is 0 Å². The van der Waals surface area contributed by atoms with Gasteiger partial charge in [-0.1, -0.05) is 0 Å². The molecular weight excluding hydrogens is 277 g/mol. The molecule has 0 unspecified atom stereocenters. The molecule has 0 heterocycles. The fraction of sp³-hybridized carbons (Fsp3) is 0.333. The maximum absolute atomic E-state index is 12.2. The van der Waals surface area contributed by atoms with E-state index >= 15 is 0 Å². The molecule has 1 aromatic rings. The molecule has 1 rings (SSSR count). The molecular formula is C12H13F3N2O3. The van der Waals surface area contributed by atoms with Crippen LogP contribution in [0.25, 0.3) is 0 Å². The van der Waals surface area contributed by atoms with E-state index in [0.717, 1.165) is 13.2 Å². The number of amides is 1. The van der Waals surface area contributed by atoms with Gasteiger partial charge in [-0.25, -0.2) is 4.79 Å². The van der Waals surface area contributed by atoms with Gasteiger partial charge in [0.2, 0.25) is 0 Å². The Morgan fingerprint density at radius 1 is 1.25 bits per heavy atom. The van der Waals surface area contributed by atoms with Crippen LogP contribution >= 0.6 is 0 Å². The van der Waals surface area contributed by atoms with E-state index in [0.29, 0.717) is 5.69 Å². The van der Waals surface area contributed by atoms with Crippen molar-refractivity contribution in [3.63, 3.8) is 0 Å². The van der Waals surface area contributed by atoms with Crippen molar-refractivity contribution in [1.29, 1.82) is 0 Å². The first kappa shape index (κ1) is 15.8. The van der Waals surface area contributed by atoms with Crippen molar-refractivity contribution in [2.24, 2.45) is 0 Å². The molecule has 5 nitrogen and oxygen atoms in total. The molecule has 0 saturated carbocycles. The van der Waals surface area contributed by atoms with Crippen molar-refractivity contribution < 1.29 is 27.5 Å². The molecule has 0 aromatic heterocycles. The van der Waals surface area contributed by atoms with Crippen molar-refractivity contribution in [2.45, 2.75) is 6.18 Å². The van der Waals surface area contributed by atoms with E-state index in [4.69, 9.17) is 0 Å². The lowest BCUT2D eigenvalue weighted by molar-refractivity contribution is -0.167. The largest absolute Gasteiger partial charge is 0.471 e. The number of methoxy groups -OCH3 is 1. The molecule has 1 N–H and O–H groups in total. The van der Waals surface area contributed by atoms with Crippen LogP contribution in [0.15, 0.2) is 18.2 Å². The van der Waals surface area contributed by atoms with E-state index in [2.05, 4.69) is 4.74 Å². The second kappa shape index (κ2) is 5.81. The Morgan fingerprint density at radius 2 is 1.85 bits per heavy atom. The molecule has 8 heteroatoms. The monoisotopic (exact) mass is 290 g/mol. The van der Waals surface area contributed by atoms with Gasteiger partial charge in [0.15, 0.2) is 0 Å². The summed E-state index contributed by atoms with van der Waals surface area (Å²) in [5.74, 6) is -2.82. The highest BCUT2D eigenvalue weighted by molar-refractivity contribution is 6.00. The van der Waals surface area contributed by atoms with Crippen LogP contribution in [0.5, 0.6) is 0 Å². The molecule has 0 saturated heterocycles. The molecule has 0 radical (unpaired) electrons. The van der Waals surface area contributed by atoms with Crippen LogP contribution in [0.4, 0.5) is 24.5 Å². The zero-order valence-corrected chi connectivity index (χ0v) is 11.0. The number of benzene rings is 1. The number of nitrogens with one attached hydrogen (secondary N) is 1. The van der Waals surface area contributed by atoms with Crippen LogP contribution < -0.4 is 10.2 Å². The van der Waals surface area contributed by atoms with Crippen LogP contribution in [0.3, 0.4) is 0 Å². The number of alkyl halides is 3. The summed E-state index contributed by atoms with van der Waals surface area (Å²) in [7, 11) is 4.48. The van der Waals surface area contributed by atoms with E-state index in [-0.39, 0.29) is 11.3 Å². The number of anilines is 2. The maximum Gasteiger partial charge on any atom is 0.471 e. The van der Waals surface area contributed by atoms with Gasteiger partial charge in [0.25, 0.3) is 0 Å². The van der Waals surface area contributed by atoms with E-state index in [1.807, 2.05) is 0 Å². The van der Waals surface area contributed by atoms with Crippen LogP contribution in [0.2, 0.25) is 0 Å². The quantitative estimate of drug-likeness (QED) is 0.865. The van der Waals surface area contributed by atoms with Crippen molar-refractivity contribution in [1.82, 2.24) is 0 Å². The molecule has 0 aliphatic heterocycles. The Kier molecular flexibility index (Phi) is 4.59. The standard InChI is InChI=1S/C12H13F3N2O3/c1-17(2)9-5-4-7(6-8(9)10(18)20-3)16-11(19)12(13,14)15/h4-6H,1-3H3,(H,16,19). The van der Waals surface area contributed by atoms with Crippen molar-refractivity contribution in [3.05, 3.63) is 23.8 Å². The Morgan fingerprint density at radius 3 is 2.30 bits per heavy atom. The average molecular weight is 290 g/mol. The third kappa shape index (κ3) is 3.62. The van der Waals surface area contributed by atoms with Gasteiger partial charge in [-0.2, -0.15) is 13.2 Å². The van der Waals surface area contributed by atoms with Gasteiger partial charge in [0.05, 0.1) is 18.4 Å². The summed E-state index contributed by atoms with van der Waals surface area (Å²) in [6, 6.07) is 3.81. The van der Waals surface area contributed by atoms with Gasteiger partial charge >= 0.3 is 18.1 Å². The molecule has 0 atom stereocenters. The van der Waals surface area contributed by atoms with Crippen LogP contribution in [0, 0.1) is 0 Å². The Hall–Kier alpha value is -2.25. The van der Waals surface area contributed by atoms with Gasteiger partial charge < -0.3 is 15.0 Å². The number of carbonyl (C=O) groups excluding carboxylic acids is 2. The second-order valence-corrected chi connectivity index (χ2v) is 4.07. The van der Waals surface area contributed by atoms with Gasteiger partial charge in [0, 0.05) is 19.8 Å². The zero-order valence-electron chi connectivity index (χ0n) is 11.0. The highest BCUT2D eigenvalue weighted by atomic mass is 19.4. The first-order chi connectivity index (χ1) is 9.16. The van der Waals surface area contributed by atoms with E-state index < -0.39 is 18.1 Å². The number of esters is 1. The topological polar surface area (TPSA) is 58.6 Å². The summed E-state index contributed by atoms with van der Waals surface area (Å²) in [5, 5.41) is 1.68. The number of halogens is 3. The Bertz CT molecular complexity index is 527. The number of hydrogen-bond acceptors (Lipinski definition) is 4. The highest BCUT2D eigenvalue weighted by Gasteiger charge is 2.38. The number of rotatable bonds is 3. The number of hydrogen-bond donors (Lipinski definition) is 1. The number of ether oxygens (including phenoxy) is 1. The van der Waals surface area contributed by atoms with E-state index in [1.54, 1.807) is 24.3 Å². The minimum Gasteiger partial charge on any atom is -0.465 e. The summed E-state index contributed by atoms with van der Waals surface area (Å²) in [6.07, 6.45) is -4.99. The fourth-order valence-corrected chi connectivity index (χ4v) is 1.48. The molecule has 0 aliphatic rings. The fourth-order valence-electron chi connectivity index (χ4n) is 1.48. The second-order valence-electron chi connectivity index (χ2n) is 4.07. The Labute approximate surface area is 113 Å². The molecule has 20 heavy (non-hydrogen) atoms. The van der Waals surface area contributed by atoms with Crippen LogP contribution in [-0.4, -0.2) is 39.3 Å². The molecule has 0 bridgehead atoms. The number of carbonyl (C=O) groups is 2. The minimum atomic E-state index is -4.99. The van der Waals surface area contributed by atoms with Crippen molar-refractivity contribution >= 4 is 23.3 Å².